The van der Waals surface area contributed by atoms with E-state index in [1.807, 2.05) is 7.05 Å². The van der Waals surface area contributed by atoms with Gasteiger partial charge in [-0.1, -0.05) is 0 Å². The molecule has 2 N–H and O–H groups in total. The molecule has 1 rings (SSSR count). The molecule has 0 aliphatic carbocycles. The zero-order chi connectivity index (χ0) is 10.2. The van der Waals surface area contributed by atoms with E-state index in [0.29, 0.717) is 18.5 Å². The summed E-state index contributed by atoms with van der Waals surface area (Å²) in [5.41, 5.74) is 0. The van der Waals surface area contributed by atoms with Crippen molar-refractivity contribution in [3.8, 4) is 0 Å². The van der Waals surface area contributed by atoms with Crippen LogP contribution in [0.3, 0.4) is 0 Å². The number of rotatable bonds is 6. The van der Waals surface area contributed by atoms with Crippen molar-refractivity contribution in [1.29, 1.82) is 0 Å². The van der Waals surface area contributed by atoms with E-state index in [0.717, 1.165) is 26.0 Å². The normalized spacial score (nSPS) is 24.2. The van der Waals surface area contributed by atoms with Crippen LogP contribution >= 0.6 is 0 Å². The molecular formula is C10H20N2O2. The average molecular weight is 200 g/mol. The van der Waals surface area contributed by atoms with Gasteiger partial charge in [-0.05, 0) is 32.2 Å². The maximum atomic E-state index is 10.2. The minimum Gasteiger partial charge on any atom is -0.381 e. The van der Waals surface area contributed by atoms with Crippen LogP contribution in [0.15, 0.2) is 0 Å². The van der Waals surface area contributed by atoms with Crippen LogP contribution in [0, 0.1) is 5.92 Å². The Kier molecular flexibility index (Phi) is 5.56. The third kappa shape index (κ3) is 4.07. The Balaban J connectivity index is 2.19. The number of likely N-dealkylation sites (N-methyl/N-ethyl adjacent to an activating group) is 1. The van der Waals surface area contributed by atoms with E-state index in [1.165, 1.54) is 12.8 Å². The van der Waals surface area contributed by atoms with Crippen molar-refractivity contribution >= 4 is 6.41 Å². The van der Waals surface area contributed by atoms with Crippen molar-refractivity contribution < 1.29 is 9.53 Å². The fourth-order valence-electron chi connectivity index (χ4n) is 1.89. The summed E-state index contributed by atoms with van der Waals surface area (Å²) in [4.78, 5) is 10.2. The highest BCUT2D eigenvalue weighted by Gasteiger charge is 2.17. The van der Waals surface area contributed by atoms with Crippen molar-refractivity contribution in [2.45, 2.75) is 25.3 Å². The van der Waals surface area contributed by atoms with Crippen LogP contribution in [0.25, 0.3) is 0 Å². The molecule has 0 saturated carbocycles. The molecule has 0 bridgehead atoms. The molecule has 1 aliphatic heterocycles. The molecule has 0 spiro atoms. The smallest absolute Gasteiger partial charge is 0.207 e. The molecule has 0 radical (unpaired) electrons. The van der Waals surface area contributed by atoms with Crippen LogP contribution in [0.4, 0.5) is 0 Å². The van der Waals surface area contributed by atoms with Crippen molar-refractivity contribution in [3.63, 3.8) is 0 Å². The zero-order valence-electron chi connectivity index (χ0n) is 8.79. The lowest BCUT2D eigenvalue weighted by atomic mass is 9.94. The summed E-state index contributed by atoms with van der Waals surface area (Å²) in [6.07, 6.45) is 4.25. The van der Waals surface area contributed by atoms with Crippen molar-refractivity contribution in [3.05, 3.63) is 0 Å². The largest absolute Gasteiger partial charge is 0.381 e. The van der Waals surface area contributed by atoms with Gasteiger partial charge in [-0.3, -0.25) is 4.79 Å². The molecule has 0 aromatic heterocycles. The number of carbonyl (C=O) groups is 1. The summed E-state index contributed by atoms with van der Waals surface area (Å²) in [5, 5.41) is 5.91. The highest BCUT2D eigenvalue weighted by atomic mass is 16.5. The zero-order valence-corrected chi connectivity index (χ0v) is 8.79. The summed E-state index contributed by atoms with van der Waals surface area (Å²) in [5.74, 6) is 0.648. The first-order valence-corrected chi connectivity index (χ1v) is 5.29. The fourth-order valence-corrected chi connectivity index (χ4v) is 1.89. The molecule has 0 aromatic rings. The lowest BCUT2D eigenvalue weighted by Crippen LogP contribution is -2.38. The highest BCUT2D eigenvalue weighted by Crippen LogP contribution is 2.18. The van der Waals surface area contributed by atoms with E-state index in [4.69, 9.17) is 4.74 Å². The van der Waals surface area contributed by atoms with Crippen LogP contribution in [-0.2, 0) is 9.53 Å². The third-order valence-corrected chi connectivity index (χ3v) is 2.73. The van der Waals surface area contributed by atoms with Crippen molar-refractivity contribution in [1.82, 2.24) is 10.6 Å². The highest BCUT2D eigenvalue weighted by molar-refractivity contribution is 5.45. The van der Waals surface area contributed by atoms with Gasteiger partial charge in [0.15, 0.2) is 0 Å². The van der Waals surface area contributed by atoms with Gasteiger partial charge < -0.3 is 15.4 Å². The van der Waals surface area contributed by atoms with E-state index in [-0.39, 0.29) is 0 Å². The molecule has 14 heavy (non-hydrogen) atoms. The Bertz CT molecular complexity index is 158. The van der Waals surface area contributed by atoms with E-state index in [1.54, 1.807) is 0 Å². The molecule has 1 amide bonds. The molecule has 1 fully saturated rings. The molecule has 1 heterocycles. The number of ether oxygens (including phenoxy) is 1. The van der Waals surface area contributed by atoms with E-state index in [2.05, 4.69) is 10.6 Å². The molecule has 1 aliphatic rings. The summed E-state index contributed by atoms with van der Waals surface area (Å²) in [6.45, 7) is 2.49. The Labute approximate surface area is 85.4 Å². The minimum atomic E-state index is 0.367. The molecular weight excluding hydrogens is 180 g/mol. The number of hydrogen-bond acceptors (Lipinski definition) is 3. The second kappa shape index (κ2) is 6.79. The molecule has 82 valence electrons. The summed E-state index contributed by atoms with van der Waals surface area (Å²) in [7, 11) is 1.93. The molecule has 0 aromatic carbocycles. The standard InChI is InChI=1S/C10H20N2O2/c1-11-10(6-12-8-13)5-9-3-2-4-14-7-9/h8-11H,2-7H2,1H3,(H,12,13)/t9?,10-/m0/s1. The first-order chi connectivity index (χ1) is 6.86. The Hall–Kier alpha value is -0.610. The number of hydrogen-bond donors (Lipinski definition) is 2. The second-order valence-electron chi connectivity index (χ2n) is 3.83. The number of carbonyl (C=O) groups excluding carboxylic acids is 1. The van der Waals surface area contributed by atoms with E-state index in [9.17, 15) is 4.79 Å². The van der Waals surface area contributed by atoms with Gasteiger partial charge in [-0.2, -0.15) is 0 Å². The van der Waals surface area contributed by atoms with E-state index < -0.39 is 0 Å². The number of amides is 1. The first kappa shape index (κ1) is 11.5. The second-order valence-corrected chi connectivity index (χ2v) is 3.83. The van der Waals surface area contributed by atoms with E-state index >= 15 is 0 Å². The topological polar surface area (TPSA) is 50.4 Å². The van der Waals surface area contributed by atoms with Crippen LogP contribution < -0.4 is 10.6 Å². The maximum absolute atomic E-state index is 10.2. The number of nitrogens with one attached hydrogen (secondary N) is 2. The van der Waals surface area contributed by atoms with Gasteiger partial charge >= 0.3 is 0 Å². The predicted molar refractivity (Wildman–Crippen MR) is 55.1 cm³/mol. The summed E-state index contributed by atoms with van der Waals surface area (Å²) >= 11 is 0. The lowest BCUT2D eigenvalue weighted by Gasteiger charge is -2.26. The van der Waals surface area contributed by atoms with Gasteiger partial charge in [-0.25, -0.2) is 0 Å². The van der Waals surface area contributed by atoms with Gasteiger partial charge in [0.1, 0.15) is 0 Å². The van der Waals surface area contributed by atoms with Crippen LogP contribution in [0.5, 0.6) is 0 Å². The summed E-state index contributed by atoms with van der Waals surface area (Å²) < 4.78 is 5.41. The van der Waals surface area contributed by atoms with Gasteiger partial charge in [0.05, 0.1) is 0 Å². The monoisotopic (exact) mass is 200 g/mol. The first-order valence-electron chi connectivity index (χ1n) is 5.29. The van der Waals surface area contributed by atoms with Crippen molar-refractivity contribution in [2.24, 2.45) is 5.92 Å². The Morgan fingerprint density at radius 2 is 2.50 bits per heavy atom. The molecule has 4 heteroatoms. The SMILES string of the molecule is CN[C@H](CNC=O)CC1CCCOC1. The van der Waals surface area contributed by atoms with Crippen LogP contribution in [0.2, 0.25) is 0 Å². The quantitative estimate of drug-likeness (QED) is 0.600. The molecule has 1 unspecified atom stereocenters. The van der Waals surface area contributed by atoms with Gasteiger partial charge in [0, 0.05) is 25.8 Å². The predicted octanol–water partition coefficient (Wildman–Crippen LogP) is 0.137. The third-order valence-electron chi connectivity index (χ3n) is 2.73. The van der Waals surface area contributed by atoms with Crippen LogP contribution in [-0.4, -0.2) is 39.3 Å². The minimum absolute atomic E-state index is 0.367. The Morgan fingerprint density at radius 3 is 3.07 bits per heavy atom. The maximum Gasteiger partial charge on any atom is 0.207 e. The molecule has 4 nitrogen and oxygen atoms in total. The average Bonchev–Trinajstić information content (AvgIpc) is 2.25. The van der Waals surface area contributed by atoms with Crippen LogP contribution in [0.1, 0.15) is 19.3 Å². The lowest BCUT2D eigenvalue weighted by molar-refractivity contribution is -0.109. The Morgan fingerprint density at radius 1 is 1.64 bits per heavy atom. The van der Waals surface area contributed by atoms with Gasteiger partial charge in [0.2, 0.25) is 6.41 Å². The van der Waals surface area contributed by atoms with Gasteiger partial charge in [-0.15, -0.1) is 0 Å². The molecule has 2 atom stereocenters. The fraction of sp³-hybridized carbons (Fsp3) is 0.900. The molecule has 1 saturated heterocycles. The van der Waals surface area contributed by atoms with Gasteiger partial charge in [0.25, 0.3) is 0 Å². The summed E-state index contributed by atoms with van der Waals surface area (Å²) in [6, 6.07) is 0.367. The van der Waals surface area contributed by atoms with Crippen molar-refractivity contribution in [2.75, 3.05) is 26.8 Å².